The molecule has 1 aromatic carbocycles. The van der Waals surface area contributed by atoms with Crippen molar-refractivity contribution in [1.82, 2.24) is 4.57 Å². The first-order chi connectivity index (χ1) is 10.6. The highest BCUT2D eigenvalue weighted by molar-refractivity contribution is 5.97. The molecule has 0 saturated heterocycles. The molecular weight excluding hydrogens is 298 g/mol. The van der Waals surface area contributed by atoms with Gasteiger partial charge in [0, 0.05) is 12.3 Å². The van der Waals surface area contributed by atoms with Crippen molar-refractivity contribution in [3.05, 3.63) is 23.9 Å². The van der Waals surface area contributed by atoms with Crippen LogP contribution in [0.25, 0.3) is 10.9 Å². The van der Waals surface area contributed by atoms with Crippen LogP contribution in [-0.4, -0.2) is 29.3 Å². The Labute approximate surface area is 134 Å². The van der Waals surface area contributed by atoms with Gasteiger partial charge in [0.05, 0.1) is 18.3 Å². The smallest absolute Gasteiger partial charge is 0.419 e. The fourth-order valence-electron chi connectivity index (χ4n) is 2.31. The molecule has 0 fully saturated rings. The molecule has 0 atom stereocenters. The van der Waals surface area contributed by atoms with E-state index in [0.29, 0.717) is 28.1 Å². The Bertz CT molecular complexity index is 767. The third-order valence-corrected chi connectivity index (χ3v) is 3.18. The highest BCUT2D eigenvalue weighted by atomic mass is 16.6. The second-order valence-electron chi connectivity index (χ2n) is 6.21. The Morgan fingerprint density at radius 2 is 1.83 bits per heavy atom. The summed E-state index contributed by atoms with van der Waals surface area (Å²) in [5.74, 6) is 0.476. The molecule has 0 saturated carbocycles. The molecule has 0 N–H and O–H groups in total. The third-order valence-electron chi connectivity index (χ3n) is 3.18. The number of benzene rings is 1. The first-order valence-electron chi connectivity index (χ1n) is 7.25. The molecule has 0 aliphatic rings. The zero-order valence-electron chi connectivity index (χ0n) is 14.2. The molecule has 0 bridgehead atoms. The van der Waals surface area contributed by atoms with Gasteiger partial charge in [-0.15, -0.1) is 0 Å². The molecule has 2 aromatic rings. The molecule has 1 aromatic heterocycles. The van der Waals surface area contributed by atoms with E-state index in [1.807, 2.05) is 0 Å². The second-order valence-corrected chi connectivity index (χ2v) is 6.21. The Morgan fingerprint density at radius 3 is 2.35 bits per heavy atom. The maximum Gasteiger partial charge on any atom is 0.419 e. The molecule has 0 spiro atoms. The topological polar surface area (TPSA) is 66.8 Å². The number of hydrogen-bond acceptors (Lipinski definition) is 5. The first-order valence-corrected chi connectivity index (χ1v) is 7.25. The van der Waals surface area contributed by atoms with Crippen molar-refractivity contribution in [1.29, 1.82) is 0 Å². The summed E-state index contributed by atoms with van der Waals surface area (Å²) in [6, 6.07) is 5.19. The Morgan fingerprint density at radius 1 is 1.17 bits per heavy atom. The average Bonchev–Trinajstić information content (AvgIpc) is 2.68. The summed E-state index contributed by atoms with van der Waals surface area (Å²) < 4.78 is 17.3. The van der Waals surface area contributed by atoms with E-state index in [1.54, 1.807) is 53.0 Å². The summed E-state index contributed by atoms with van der Waals surface area (Å²) in [6.45, 7) is 8.40. The van der Waals surface area contributed by atoms with Gasteiger partial charge in [-0.1, -0.05) is 0 Å². The molecule has 2 rings (SSSR count). The van der Waals surface area contributed by atoms with Gasteiger partial charge in [-0.05, 0) is 45.9 Å². The van der Waals surface area contributed by atoms with Crippen LogP contribution in [0.15, 0.2) is 18.2 Å². The van der Waals surface area contributed by atoms with Crippen molar-refractivity contribution in [2.24, 2.45) is 0 Å². The van der Waals surface area contributed by atoms with Gasteiger partial charge in [-0.2, -0.15) is 0 Å². The van der Waals surface area contributed by atoms with Gasteiger partial charge in [0.15, 0.2) is 5.75 Å². The van der Waals surface area contributed by atoms with Gasteiger partial charge in [-0.3, -0.25) is 4.79 Å². The van der Waals surface area contributed by atoms with Crippen LogP contribution >= 0.6 is 0 Å². The number of fused-ring (bicyclic) bond motifs is 1. The number of rotatable bonds is 2. The van der Waals surface area contributed by atoms with Crippen molar-refractivity contribution in [2.45, 2.75) is 40.2 Å². The summed E-state index contributed by atoms with van der Waals surface area (Å²) in [6.07, 6.45) is -0.524. The van der Waals surface area contributed by atoms with E-state index < -0.39 is 17.7 Å². The maximum atomic E-state index is 12.5. The Balaban J connectivity index is 2.67. The van der Waals surface area contributed by atoms with E-state index in [2.05, 4.69) is 0 Å². The van der Waals surface area contributed by atoms with Gasteiger partial charge >= 0.3 is 12.1 Å². The molecule has 0 aliphatic carbocycles. The molecular formula is C17H21NO5. The largest absolute Gasteiger partial charge is 0.497 e. The van der Waals surface area contributed by atoms with E-state index in [9.17, 15) is 9.59 Å². The summed E-state index contributed by atoms with van der Waals surface area (Å²) in [4.78, 5) is 23.9. The molecule has 0 aliphatic heterocycles. The maximum absolute atomic E-state index is 12.5. The minimum atomic E-state index is -0.631. The lowest BCUT2D eigenvalue weighted by Gasteiger charge is -2.20. The van der Waals surface area contributed by atoms with Crippen molar-refractivity contribution in [2.75, 3.05) is 7.11 Å². The first kappa shape index (κ1) is 16.9. The number of nitrogens with zero attached hydrogens (tertiary/aromatic N) is 1. The van der Waals surface area contributed by atoms with Gasteiger partial charge in [0.1, 0.15) is 11.4 Å². The van der Waals surface area contributed by atoms with Gasteiger partial charge in [-0.25, -0.2) is 9.36 Å². The number of ether oxygens (including phenoxy) is 3. The summed E-state index contributed by atoms with van der Waals surface area (Å²) >= 11 is 0. The summed E-state index contributed by atoms with van der Waals surface area (Å²) in [5, 5.41) is 0.614. The quantitative estimate of drug-likeness (QED) is 0.790. The predicted molar refractivity (Wildman–Crippen MR) is 86.2 cm³/mol. The van der Waals surface area contributed by atoms with Crippen LogP contribution in [0, 0.1) is 6.92 Å². The number of esters is 1. The Kier molecular flexibility index (Phi) is 4.36. The van der Waals surface area contributed by atoms with Crippen molar-refractivity contribution >= 4 is 23.0 Å². The average molecular weight is 319 g/mol. The fraction of sp³-hybridized carbons (Fsp3) is 0.412. The van der Waals surface area contributed by atoms with Crippen LogP contribution in [0.2, 0.25) is 0 Å². The van der Waals surface area contributed by atoms with E-state index in [4.69, 9.17) is 14.2 Å². The van der Waals surface area contributed by atoms with E-state index in [-0.39, 0.29) is 0 Å². The molecule has 124 valence electrons. The zero-order chi connectivity index (χ0) is 17.4. The lowest BCUT2D eigenvalue weighted by Crippen LogP contribution is -2.27. The minimum Gasteiger partial charge on any atom is -0.497 e. The second kappa shape index (κ2) is 5.95. The van der Waals surface area contributed by atoms with Crippen LogP contribution < -0.4 is 9.47 Å². The highest BCUT2D eigenvalue weighted by Gasteiger charge is 2.25. The van der Waals surface area contributed by atoms with Gasteiger partial charge in [0.25, 0.3) is 0 Å². The van der Waals surface area contributed by atoms with E-state index in [0.717, 1.165) is 0 Å². The van der Waals surface area contributed by atoms with Crippen molar-refractivity contribution in [3.8, 4) is 11.5 Å². The van der Waals surface area contributed by atoms with Crippen LogP contribution in [0.4, 0.5) is 4.79 Å². The van der Waals surface area contributed by atoms with E-state index >= 15 is 0 Å². The molecule has 1 heterocycles. The normalized spacial score (nSPS) is 11.4. The fourth-order valence-corrected chi connectivity index (χ4v) is 2.31. The van der Waals surface area contributed by atoms with Crippen LogP contribution in [0.1, 0.15) is 33.4 Å². The lowest BCUT2D eigenvalue weighted by atomic mass is 10.2. The predicted octanol–water partition coefficient (Wildman–Crippen LogP) is 3.67. The molecule has 23 heavy (non-hydrogen) atoms. The van der Waals surface area contributed by atoms with Crippen molar-refractivity contribution in [3.63, 3.8) is 0 Å². The standard InChI is InChI=1S/C17H21NO5/c1-10-15(22-11(2)19)13-9-12(21-6)7-8-14(13)18(10)16(20)23-17(3,4)5/h7-9H,1-6H3. The minimum absolute atomic E-state index is 0.331. The third kappa shape index (κ3) is 3.47. The SMILES string of the molecule is COc1ccc2c(c1)c(OC(C)=O)c(C)n2C(=O)OC(C)(C)C. The number of carbonyl (C=O) groups is 2. The zero-order valence-corrected chi connectivity index (χ0v) is 14.2. The number of carbonyl (C=O) groups excluding carboxylic acids is 2. The number of hydrogen-bond donors (Lipinski definition) is 0. The monoisotopic (exact) mass is 319 g/mol. The van der Waals surface area contributed by atoms with Crippen molar-refractivity contribution < 1.29 is 23.8 Å². The van der Waals surface area contributed by atoms with Gasteiger partial charge < -0.3 is 14.2 Å². The van der Waals surface area contributed by atoms with Crippen LogP contribution in [0.5, 0.6) is 11.5 Å². The van der Waals surface area contributed by atoms with Crippen LogP contribution in [0.3, 0.4) is 0 Å². The summed E-state index contributed by atoms with van der Waals surface area (Å²) in [7, 11) is 1.55. The van der Waals surface area contributed by atoms with E-state index in [1.165, 1.54) is 11.5 Å². The number of aromatic nitrogens is 1. The van der Waals surface area contributed by atoms with Gasteiger partial charge in [0.2, 0.25) is 0 Å². The van der Waals surface area contributed by atoms with Crippen LogP contribution in [-0.2, 0) is 9.53 Å². The highest BCUT2D eigenvalue weighted by Crippen LogP contribution is 2.35. The lowest BCUT2D eigenvalue weighted by molar-refractivity contribution is -0.131. The molecule has 0 amide bonds. The summed E-state index contributed by atoms with van der Waals surface area (Å²) in [5.41, 5.74) is 0.459. The number of methoxy groups -OCH3 is 1. The molecule has 0 unspecified atom stereocenters. The molecule has 6 heteroatoms. The Hall–Kier alpha value is -2.50. The molecule has 0 radical (unpaired) electrons. The molecule has 6 nitrogen and oxygen atoms in total.